The van der Waals surface area contributed by atoms with Crippen molar-refractivity contribution in [2.24, 2.45) is 0 Å². The van der Waals surface area contributed by atoms with E-state index < -0.39 is 6.10 Å². The molecule has 0 saturated carbocycles. The fourth-order valence-corrected chi connectivity index (χ4v) is 3.58. The van der Waals surface area contributed by atoms with Crippen LogP contribution in [0.1, 0.15) is 117 Å². The van der Waals surface area contributed by atoms with E-state index in [4.69, 9.17) is 14.2 Å². The van der Waals surface area contributed by atoms with Gasteiger partial charge in [0.15, 0.2) is 0 Å². The molecule has 5 heteroatoms. The molecule has 0 aromatic heterocycles. The Morgan fingerprint density at radius 2 is 1.00 bits per heavy atom. The zero-order valence-corrected chi connectivity index (χ0v) is 20.8. The molecule has 31 heavy (non-hydrogen) atoms. The lowest BCUT2D eigenvalue weighted by atomic mass is 10.1. The molecule has 0 spiro atoms. The third-order valence-corrected chi connectivity index (χ3v) is 5.62. The van der Waals surface area contributed by atoms with E-state index in [9.17, 15) is 10.2 Å². The molecular formula is C26H54O5. The van der Waals surface area contributed by atoms with Crippen LogP contribution in [0.25, 0.3) is 0 Å². The fourth-order valence-electron chi connectivity index (χ4n) is 3.58. The van der Waals surface area contributed by atoms with Gasteiger partial charge in [0.05, 0.1) is 26.4 Å². The van der Waals surface area contributed by atoms with Gasteiger partial charge >= 0.3 is 0 Å². The fraction of sp³-hybridized carbons (Fsp3) is 1.00. The highest BCUT2D eigenvalue weighted by atomic mass is 16.5. The minimum atomic E-state index is -0.624. The van der Waals surface area contributed by atoms with Gasteiger partial charge in [0.1, 0.15) is 12.2 Å². The smallest absolute Gasteiger partial charge is 0.104 e. The third kappa shape index (κ3) is 24.3. The first-order valence-corrected chi connectivity index (χ1v) is 13.3. The molecule has 0 aliphatic rings. The predicted molar refractivity (Wildman–Crippen MR) is 130 cm³/mol. The lowest BCUT2D eigenvalue weighted by Gasteiger charge is -2.17. The number of unbranched alkanes of at least 4 members (excludes halogenated alkanes) is 14. The summed E-state index contributed by atoms with van der Waals surface area (Å²) < 4.78 is 16.7. The lowest BCUT2D eigenvalue weighted by molar-refractivity contribution is -0.0706. The van der Waals surface area contributed by atoms with Crippen LogP contribution in [0.4, 0.5) is 0 Å². The molecule has 5 nitrogen and oxygen atoms in total. The molecule has 0 fully saturated rings. The van der Waals surface area contributed by atoms with Crippen LogP contribution in [0.5, 0.6) is 0 Å². The maximum absolute atomic E-state index is 9.96. The molecule has 2 atom stereocenters. The van der Waals surface area contributed by atoms with Gasteiger partial charge in [-0.15, -0.1) is 0 Å². The van der Waals surface area contributed by atoms with E-state index in [1.807, 2.05) is 0 Å². The van der Waals surface area contributed by atoms with Crippen LogP contribution >= 0.6 is 0 Å². The van der Waals surface area contributed by atoms with Crippen molar-refractivity contribution in [2.75, 3.05) is 39.6 Å². The van der Waals surface area contributed by atoms with Crippen LogP contribution < -0.4 is 0 Å². The monoisotopic (exact) mass is 446 g/mol. The van der Waals surface area contributed by atoms with E-state index in [-0.39, 0.29) is 19.3 Å². The Morgan fingerprint density at radius 3 is 1.52 bits per heavy atom. The minimum absolute atomic E-state index is 0.0544. The van der Waals surface area contributed by atoms with Gasteiger partial charge in [-0.3, -0.25) is 0 Å². The number of rotatable bonds is 26. The zero-order chi connectivity index (χ0) is 22.8. The van der Waals surface area contributed by atoms with Gasteiger partial charge in [-0.05, 0) is 12.8 Å². The molecule has 0 bridgehead atoms. The molecule has 0 aromatic rings. The normalized spacial score (nSPS) is 13.5. The summed E-state index contributed by atoms with van der Waals surface area (Å²) in [6.45, 7) is 6.61. The lowest BCUT2D eigenvalue weighted by Crippen LogP contribution is -2.28. The Morgan fingerprint density at radius 1 is 0.548 bits per heavy atom. The number of hydrogen-bond donors (Lipinski definition) is 2. The van der Waals surface area contributed by atoms with Gasteiger partial charge in [0.25, 0.3) is 0 Å². The first-order valence-electron chi connectivity index (χ1n) is 13.3. The van der Waals surface area contributed by atoms with Crippen molar-refractivity contribution in [3.8, 4) is 0 Å². The summed E-state index contributed by atoms with van der Waals surface area (Å²) >= 11 is 0. The van der Waals surface area contributed by atoms with E-state index >= 15 is 0 Å². The van der Waals surface area contributed by atoms with Gasteiger partial charge in [0.2, 0.25) is 0 Å². The summed E-state index contributed by atoms with van der Waals surface area (Å²) in [6, 6.07) is 0. The highest BCUT2D eigenvalue weighted by molar-refractivity contribution is 4.57. The molecule has 188 valence electrons. The summed E-state index contributed by atoms with van der Waals surface area (Å²) in [4.78, 5) is 0. The van der Waals surface area contributed by atoms with E-state index in [1.54, 1.807) is 0 Å². The number of ether oxygens (including phenoxy) is 3. The Balaban J connectivity index is 3.39. The van der Waals surface area contributed by atoms with E-state index in [2.05, 4.69) is 13.8 Å². The van der Waals surface area contributed by atoms with Gasteiger partial charge in [-0.1, -0.05) is 104 Å². The maximum Gasteiger partial charge on any atom is 0.104 e. The van der Waals surface area contributed by atoms with Gasteiger partial charge in [0, 0.05) is 13.2 Å². The highest BCUT2D eigenvalue weighted by Gasteiger charge is 2.10. The van der Waals surface area contributed by atoms with Gasteiger partial charge in [-0.25, -0.2) is 0 Å². The molecule has 0 aliphatic heterocycles. The van der Waals surface area contributed by atoms with E-state index in [1.165, 1.54) is 89.9 Å². The molecule has 2 unspecified atom stereocenters. The second kappa shape index (κ2) is 26.1. The molecule has 0 heterocycles. The molecule has 0 aromatic carbocycles. The number of hydrogen-bond acceptors (Lipinski definition) is 5. The molecule has 2 N–H and O–H groups in total. The Labute approximate surface area is 193 Å². The standard InChI is InChI=1S/C26H54O5/c1-3-5-7-9-11-12-13-14-15-17-19-29-22-25(28)23-30-24-26(21-27)31-20-18-16-10-8-6-4-2/h25-28H,3-24H2,1-2H3. The number of aliphatic hydroxyl groups excluding tert-OH is 2. The molecule has 0 rings (SSSR count). The van der Waals surface area contributed by atoms with Crippen LogP contribution in [-0.4, -0.2) is 62.1 Å². The first-order chi connectivity index (χ1) is 15.2. The first kappa shape index (κ1) is 30.8. The summed E-state index contributed by atoms with van der Waals surface area (Å²) in [5, 5.41) is 19.4. The zero-order valence-electron chi connectivity index (χ0n) is 20.8. The third-order valence-electron chi connectivity index (χ3n) is 5.62. The second-order valence-electron chi connectivity index (χ2n) is 8.89. The van der Waals surface area contributed by atoms with Crippen LogP contribution in [-0.2, 0) is 14.2 Å². The van der Waals surface area contributed by atoms with Crippen LogP contribution in [0, 0.1) is 0 Å². The Bertz CT molecular complexity index is 327. The predicted octanol–water partition coefficient (Wildman–Crippen LogP) is 6.04. The highest BCUT2D eigenvalue weighted by Crippen LogP contribution is 2.10. The summed E-state index contributed by atoms with van der Waals surface area (Å²) in [5.74, 6) is 0. The van der Waals surface area contributed by atoms with Gasteiger partial charge in [-0.2, -0.15) is 0 Å². The average Bonchev–Trinajstić information content (AvgIpc) is 2.78. The van der Waals surface area contributed by atoms with E-state index in [0.717, 1.165) is 12.8 Å². The van der Waals surface area contributed by atoms with Crippen molar-refractivity contribution in [2.45, 2.75) is 129 Å². The Kier molecular flexibility index (Phi) is 25.9. The topological polar surface area (TPSA) is 68.2 Å². The quantitative estimate of drug-likeness (QED) is 0.159. The summed E-state index contributed by atoms with van der Waals surface area (Å²) in [6.07, 6.45) is 19.5. The molecule has 0 radical (unpaired) electrons. The molecule has 0 saturated heterocycles. The maximum atomic E-state index is 9.96. The summed E-state index contributed by atoms with van der Waals surface area (Å²) in [7, 11) is 0. The van der Waals surface area contributed by atoms with Crippen LogP contribution in [0.3, 0.4) is 0 Å². The Hall–Kier alpha value is -0.200. The number of aliphatic hydroxyl groups is 2. The molecule has 0 aliphatic carbocycles. The van der Waals surface area contributed by atoms with Crippen molar-refractivity contribution in [3.05, 3.63) is 0 Å². The van der Waals surface area contributed by atoms with Crippen molar-refractivity contribution in [1.82, 2.24) is 0 Å². The van der Waals surface area contributed by atoms with Crippen molar-refractivity contribution >= 4 is 0 Å². The van der Waals surface area contributed by atoms with Crippen molar-refractivity contribution in [1.29, 1.82) is 0 Å². The largest absolute Gasteiger partial charge is 0.394 e. The van der Waals surface area contributed by atoms with Crippen molar-refractivity contribution in [3.63, 3.8) is 0 Å². The SMILES string of the molecule is CCCCCCCCCCCCOCC(O)COCC(CO)OCCCCCCCC. The molecular weight excluding hydrogens is 392 g/mol. The second-order valence-corrected chi connectivity index (χ2v) is 8.89. The molecule has 0 amide bonds. The van der Waals surface area contributed by atoms with Gasteiger partial charge < -0.3 is 24.4 Å². The van der Waals surface area contributed by atoms with Crippen LogP contribution in [0.15, 0.2) is 0 Å². The average molecular weight is 447 g/mol. The minimum Gasteiger partial charge on any atom is -0.394 e. The van der Waals surface area contributed by atoms with Crippen molar-refractivity contribution < 1.29 is 24.4 Å². The van der Waals surface area contributed by atoms with E-state index in [0.29, 0.717) is 26.4 Å². The van der Waals surface area contributed by atoms with Crippen LogP contribution in [0.2, 0.25) is 0 Å². The summed E-state index contributed by atoms with van der Waals surface area (Å²) in [5.41, 5.74) is 0.